The van der Waals surface area contributed by atoms with Crippen LogP contribution < -0.4 is 5.43 Å². The van der Waals surface area contributed by atoms with Crippen LogP contribution in [0.5, 0.6) is 0 Å². The average Bonchev–Trinajstić information content (AvgIpc) is 2.49. The third-order valence-electron chi connectivity index (χ3n) is 2.62. The van der Waals surface area contributed by atoms with Gasteiger partial charge in [-0.15, -0.1) is 0 Å². The largest absolute Gasteiger partial charge is 0.287 e. The van der Waals surface area contributed by atoms with Gasteiger partial charge in [0.15, 0.2) is 0 Å². The van der Waals surface area contributed by atoms with Crippen molar-refractivity contribution in [3.05, 3.63) is 71.8 Å². The van der Waals surface area contributed by atoms with Gasteiger partial charge < -0.3 is 0 Å². The van der Waals surface area contributed by atoms with E-state index in [1.807, 2.05) is 24.3 Å². The summed E-state index contributed by atoms with van der Waals surface area (Å²) < 4.78 is 0. The summed E-state index contributed by atoms with van der Waals surface area (Å²) in [6.45, 7) is 1.35. The molecule has 0 atom stereocenters. The van der Waals surface area contributed by atoms with Gasteiger partial charge in [-0.1, -0.05) is 60.7 Å². The minimum Gasteiger partial charge on any atom is -0.287 e. The summed E-state index contributed by atoms with van der Waals surface area (Å²) in [5, 5.41) is 3.94. The van der Waals surface area contributed by atoms with Crippen LogP contribution in [0, 0.1) is 0 Å². The molecule has 0 unspecified atom stereocenters. The number of benzene rings is 2. The van der Waals surface area contributed by atoms with Crippen LogP contribution in [0.4, 0.5) is 0 Å². The Bertz CT molecular complexity index is 634. The van der Waals surface area contributed by atoms with E-state index >= 15 is 0 Å². The third kappa shape index (κ3) is 3.38. The van der Waals surface area contributed by atoms with E-state index in [1.165, 1.54) is 6.92 Å². The van der Waals surface area contributed by atoms with Crippen molar-refractivity contribution >= 4 is 17.4 Å². The van der Waals surface area contributed by atoms with E-state index in [0.29, 0.717) is 11.1 Å². The number of amides is 1. The number of nitrogens with one attached hydrogen (secondary N) is 1. The molecule has 4 heteroatoms. The maximum Gasteiger partial charge on any atom is 0.236 e. The van der Waals surface area contributed by atoms with E-state index in [4.69, 9.17) is 0 Å². The Morgan fingerprint density at radius 3 is 1.85 bits per heavy atom. The van der Waals surface area contributed by atoms with Crippen molar-refractivity contribution in [2.24, 2.45) is 5.10 Å². The quantitative estimate of drug-likeness (QED) is 0.525. The summed E-state index contributed by atoms with van der Waals surface area (Å²) in [5.74, 6) is -0.551. The predicted molar refractivity (Wildman–Crippen MR) is 77.6 cm³/mol. The van der Waals surface area contributed by atoms with Crippen molar-refractivity contribution < 1.29 is 9.59 Å². The zero-order valence-corrected chi connectivity index (χ0v) is 11.0. The first-order valence-electron chi connectivity index (χ1n) is 6.18. The van der Waals surface area contributed by atoms with E-state index < -0.39 is 0 Å². The van der Waals surface area contributed by atoms with Crippen LogP contribution in [0.3, 0.4) is 0 Å². The van der Waals surface area contributed by atoms with Gasteiger partial charge in [0, 0.05) is 18.1 Å². The molecule has 2 rings (SSSR count). The summed E-state index contributed by atoms with van der Waals surface area (Å²) in [6, 6.07) is 17.9. The van der Waals surface area contributed by atoms with E-state index in [2.05, 4.69) is 10.5 Å². The Kier molecular flexibility index (Phi) is 4.39. The zero-order chi connectivity index (χ0) is 14.4. The average molecular weight is 266 g/mol. The fraction of sp³-hybridized carbons (Fsp3) is 0.0625. The van der Waals surface area contributed by atoms with Crippen molar-refractivity contribution in [1.82, 2.24) is 5.43 Å². The van der Waals surface area contributed by atoms with Crippen molar-refractivity contribution in [3.63, 3.8) is 0 Å². The molecule has 0 aliphatic carbocycles. The molecular formula is C16H14N2O2. The molecule has 0 fully saturated rings. The lowest BCUT2D eigenvalue weighted by atomic mass is 10.0. The number of hydrogen-bond donors (Lipinski definition) is 1. The summed E-state index contributed by atoms with van der Waals surface area (Å²) >= 11 is 0. The van der Waals surface area contributed by atoms with Crippen LogP contribution >= 0.6 is 0 Å². The van der Waals surface area contributed by atoms with E-state index in [-0.39, 0.29) is 17.4 Å². The van der Waals surface area contributed by atoms with E-state index in [1.54, 1.807) is 36.4 Å². The topological polar surface area (TPSA) is 58.5 Å². The second-order valence-electron chi connectivity index (χ2n) is 4.19. The second-order valence-corrected chi connectivity index (χ2v) is 4.19. The Balaban J connectivity index is 2.40. The molecule has 0 bridgehead atoms. The number of hydrazone groups is 1. The van der Waals surface area contributed by atoms with E-state index in [9.17, 15) is 9.59 Å². The molecule has 0 heterocycles. The number of nitrogens with zero attached hydrogens (tertiary/aromatic N) is 1. The van der Waals surface area contributed by atoms with Crippen LogP contribution in [0.25, 0.3) is 0 Å². The van der Waals surface area contributed by atoms with Gasteiger partial charge in [0.25, 0.3) is 0 Å². The smallest absolute Gasteiger partial charge is 0.236 e. The van der Waals surface area contributed by atoms with Gasteiger partial charge in [-0.25, -0.2) is 5.43 Å². The molecule has 0 spiro atoms. The fourth-order valence-electron chi connectivity index (χ4n) is 1.70. The Labute approximate surface area is 117 Å². The van der Waals surface area contributed by atoms with Crippen LogP contribution in [-0.4, -0.2) is 17.4 Å². The van der Waals surface area contributed by atoms with Gasteiger partial charge in [0.2, 0.25) is 11.7 Å². The first-order valence-corrected chi connectivity index (χ1v) is 6.18. The Morgan fingerprint density at radius 2 is 1.35 bits per heavy atom. The standard InChI is InChI=1S/C16H14N2O2/c1-12(19)17-18-15(13-8-4-2-5-9-13)16(20)14-10-6-3-7-11-14/h2-11H,1H3,(H,17,19)/b18-15-. The predicted octanol–water partition coefficient (Wildman–Crippen LogP) is 2.41. The first kappa shape index (κ1) is 13.7. The molecule has 20 heavy (non-hydrogen) atoms. The second kappa shape index (κ2) is 6.43. The number of ketones is 1. The van der Waals surface area contributed by atoms with Gasteiger partial charge in [0.05, 0.1) is 0 Å². The Hall–Kier alpha value is -2.75. The number of rotatable bonds is 4. The number of hydrogen-bond acceptors (Lipinski definition) is 3. The molecule has 0 aromatic heterocycles. The molecule has 100 valence electrons. The maximum atomic E-state index is 12.5. The van der Waals surface area contributed by atoms with Gasteiger partial charge in [0.1, 0.15) is 5.71 Å². The minimum absolute atomic E-state index is 0.215. The highest BCUT2D eigenvalue weighted by molar-refractivity contribution is 6.51. The molecule has 0 aliphatic heterocycles. The highest BCUT2D eigenvalue weighted by Crippen LogP contribution is 2.08. The zero-order valence-electron chi connectivity index (χ0n) is 11.0. The molecule has 0 radical (unpaired) electrons. The molecule has 2 aromatic rings. The summed E-state index contributed by atoms with van der Waals surface area (Å²) in [6.07, 6.45) is 0. The van der Waals surface area contributed by atoms with Crippen LogP contribution in [-0.2, 0) is 4.79 Å². The van der Waals surface area contributed by atoms with Crippen molar-refractivity contribution in [3.8, 4) is 0 Å². The number of Topliss-reactive ketones (excluding diaryl/α,β-unsaturated/α-hetero) is 1. The first-order chi connectivity index (χ1) is 9.68. The number of carbonyl (C=O) groups is 2. The van der Waals surface area contributed by atoms with Crippen LogP contribution in [0.1, 0.15) is 22.8 Å². The third-order valence-corrected chi connectivity index (χ3v) is 2.62. The molecule has 2 aromatic carbocycles. The molecule has 0 saturated carbocycles. The SMILES string of the molecule is CC(=O)N/N=C(\C(=O)c1ccccc1)c1ccccc1. The van der Waals surface area contributed by atoms with Crippen molar-refractivity contribution in [2.75, 3.05) is 0 Å². The normalized spacial score (nSPS) is 10.9. The highest BCUT2D eigenvalue weighted by atomic mass is 16.2. The lowest BCUT2D eigenvalue weighted by Crippen LogP contribution is -2.22. The molecule has 1 N–H and O–H groups in total. The lowest BCUT2D eigenvalue weighted by Gasteiger charge is -2.06. The molecular weight excluding hydrogens is 252 g/mol. The van der Waals surface area contributed by atoms with E-state index in [0.717, 1.165) is 0 Å². The molecule has 0 aliphatic rings. The summed E-state index contributed by atoms with van der Waals surface area (Å²) in [7, 11) is 0. The molecule has 1 amide bonds. The molecule has 4 nitrogen and oxygen atoms in total. The summed E-state index contributed by atoms with van der Waals surface area (Å²) in [5.41, 5.74) is 3.73. The fourth-order valence-corrected chi connectivity index (χ4v) is 1.70. The van der Waals surface area contributed by atoms with Gasteiger partial charge in [-0.2, -0.15) is 5.10 Å². The van der Waals surface area contributed by atoms with Crippen LogP contribution in [0.15, 0.2) is 65.8 Å². The lowest BCUT2D eigenvalue weighted by molar-refractivity contribution is -0.118. The maximum absolute atomic E-state index is 12.5. The number of carbonyl (C=O) groups excluding carboxylic acids is 2. The highest BCUT2D eigenvalue weighted by Gasteiger charge is 2.16. The van der Waals surface area contributed by atoms with Gasteiger partial charge >= 0.3 is 0 Å². The van der Waals surface area contributed by atoms with Gasteiger partial charge in [-0.05, 0) is 0 Å². The van der Waals surface area contributed by atoms with Crippen molar-refractivity contribution in [1.29, 1.82) is 0 Å². The minimum atomic E-state index is -0.320. The monoisotopic (exact) mass is 266 g/mol. The molecule has 0 saturated heterocycles. The summed E-state index contributed by atoms with van der Waals surface area (Å²) in [4.78, 5) is 23.5. The van der Waals surface area contributed by atoms with Gasteiger partial charge in [-0.3, -0.25) is 9.59 Å². The van der Waals surface area contributed by atoms with Crippen molar-refractivity contribution in [2.45, 2.75) is 6.92 Å². The Morgan fingerprint density at radius 1 is 0.850 bits per heavy atom. The van der Waals surface area contributed by atoms with Crippen LogP contribution in [0.2, 0.25) is 0 Å².